The van der Waals surface area contributed by atoms with Crippen molar-refractivity contribution in [3.05, 3.63) is 82.5 Å². The summed E-state index contributed by atoms with van der Waals surface area (Å²) >= 11 is 7.95. The minimum Gasteiger partial charge on any atom is -0.354 e. The third-order valence-electron chi connectivity index (χ3n) is 7.22. The predicted octanol–water partition coefficient (Wildman–Crippen LogP) is 5.62. The van der Waals surface area contributed by atoms with Crippen molar-refractivity contribution in [2.45, 2.75) is 37.2 Å². The SMILES string of the molecule is CC1CCN(C(=O)c2cccc(CSc3nc(Cl)cc(N4CCN(Cc5ccccc5)CC4)n3)c2)CC1. The lowest BCUT2D eigenvalue weighted by Gasteiger charge is -2.35. The number of likely N-dealkylation sites (tertiary alicyclic amines) is 1. The largest absolute Gasteiger partial charge is 0.354 e. The van der Waals surface area contributed by atoms with Crippen molar-refractivity contribution < 1.29 is 4.79 Å². The number of amides is 1. The second-order valence-corrected chi connectivity index (χ2v) is 11.4. The van der Waals surface area contributed by atoms with Gasteiger partial charge in [-0.25, -0.2) is 9.97 Å². The molecule has 2 aromatic carbocycles. The molecule has 0 saturated carbocycles. The first-order valence-electron chi connectivity index (χ1n) is 13.1. The molecule has 8 heteroatoms. The van der Waals surface area contributed by atoms with Crippen LogP contribution in [0.5, 0.6) is 0 Å². The topological polar surface area (TPSA) is 52.6 Å². The van der Waals surface area contributed by atoms with E-state index in [2.05, 4.69) is 58.1 Å². The molecule has 5 rings (SSSR count). The number of aromatic nitrogens is 2. The Morgan fingerprint density at radius 1 is 0.919 bits per heavy atom. The second-order valence-electron chi connectivity index (χ2n) is 10.0. The van der Waals surface area contributed by atoms with Crippen LogP contribution in [0, 0.1) is 5.92 Å². The standard InChI is InChI=1S/C29H34ClN5OS/c1-22-10-12-35(13-11-22)28(36)25-9-5-8-24(18-25)21-37-29-31-26(30)19-27(32-29)34-16-14-33(15-17-34)20-23-6-3-2-4-7-23/h2-9,18-19,22H,10-17,20-21H2,1H3. The van der Waals surface area contributed by atoms with Gasteiger partial charge in [-0.3, -0.25) is 9.69 Å². The predicted molar refractivity (Wildman–Crippen MR) is 151 cm³/mol. The number of carbonyl (C=O) groups is 1. The number of nitrogens with zero attached hydrogens (tertiary/aromatic N) is 5. The number of carbonyl (C=O) groups excluding carboxylic acids is 1. The minimum absolute atomic E-state index is 0.131. The van der Waals surface area contributed by atoms with E-state index in [-0.39, 0.29) is 5.91 Å². The average molecular weight is 536 g/mol. The van der Waals surface area contributed by atoms with Crippen molar-refractivity contribution in [2.75, 3.05) is 44.2 Å². The summed E-state index contributed by atoms with van der Waals surface area (Å²) in [5.41, 5.74) is 3.19. The zero-order chi connectivity index (χ0) is 25.6. The zero-order valence-electron chi connectivity index (χ0n) is 21.4. The molecule has 0 aliphatic carbocycles. The van der Waals surface area contributed by atoms with Gasteiger partial charge in [0.1, 0.15) is 11.0 Å². The highest BCUT2D eigenvalue weighted by Crippen LogP contribution is 2.26. The Hall–Kier alpha value is -2.61. The van der Waals surface area contributed by atoms with Crippen molar-refractivity contribution in [1.29, 1.82) is 0 Å². The molecule has 2 aliphatic rings. The smallest absolute Gasteiger partial charge is 0.253 e. The Morgan fingerprint density at radius 2 is 1.65 bits per heavy atom. The van der Waals surface area contributed by atoms with Gasteiger partial charge in [0.05, 0.1) is 0 Å². The van der Waals surface area contributed by atoms with Crippen molar-refractivity contribution in [1.82, 2.24) is 19.8 Å². The first-order chi connectivity index (χ1) is 18.0. The molecule has 3 heterocycles. The van der Waals surface area contributed by atoms with E-state index >= 15 is 0 Å². The highest BCUT2D eigenvalue weighted by Gasteiger charge is 2.22. The van der Waals surface area contributed by atoms with Gasteiger partial charge < -0.3 is 9.80 Å². The number of hydrogen-bond donors (Lipinski definition) is 0. The molecule has 0 N–H and O–H groups in total. The van der Waals surface area contributed by atoms with E-state index in [0.29, 0.717) is 22.0 Å². The van der Waals surface area contributed by atoms with Crippen LogP contribution in [0.25, 0.3) is 0 Å². The molecule has 2 saturated heterocycles. The van der Waals surface area contributed by atoms with E-state index in [4.69, 9.17) is 16.6 Å². The van der Waals surface area contributed by atoms with Crippen LogP contribution >= 0.6 is 23.4 Å². The maximum Gasteiger partial charge on any atom is 0.253 e. The summed E-state index contributed by atoms with van der Waals surface area (Å²) < 4.78 is 0. The summed E-state index contributed by atoms with van der Waals surface area (Å²) in [7, 11) is 0. The molecule has 2 fully saturated rings. The van der Waals surface area contributed by atoms with Crippen LogP contribution < -0.4 is 4.90 Å². The number of benzene rings is 2. The van der Waals surface area contributed by atoms with Crippen LogP contribution in [0.1, 0.15) is 41.3 Å². The van der Waals surface area contributed by atoms with E-state index in [0.717, 1.165) is 75.6 Å². The quantitative estimate of drug-likeness (QED) is 0.222. The Morgan fingerprint density at radius 3 is 2.41 bits per heavy atom. The van der Waals surface area contributed by atoms with Crippen LogP contribution in [-0.4, -0.2) is 64.9 Å². The molecule has 194 valence electrons. The molecule has 3 aromatic rings. The number of rotatable bonds is 7. The average Bonchev–Trinajstić information content (AvgIpc) is 2.93. The van der Waals surface area contributed by atoms with Gasteiger partial charge in [-0.05, 0) is 42.0 Å². The zero-order valence-corrected chi connectivity index (χ0v) is 22.9. The van der Waals surface area contributed by atoms with Crippen molar-refractivity contribution in [2.24, 2.45) is 5.92 Å². The fourth-order valence-electron chi connectivity index (χ4n) is 4.92. The van der Waals surface area contributed by atoms with Crippen molar-refractivity contribution in [3.8, 4) is 0 Å². The molecule has 0 bridgehead atoms. The number of hydrogen-bond acceptors (Lipinski definition) is 6. The number of piperazine rings is 1. The lowest BCUT2D eigenvalue weighted by atomic mass is 9.98. The second kappa shape index (κ2) is 12.3. The fraction of sp³-hybridized carbons (Fsp3) is 0.414. The first-order valence-corrected chi connectivity index (χ1v) is 14.5. The number of anilines is 1. The molecule has 37 heavy (non-hydrogen) atoms. The van der Waals surface area contributed by atoms with Gasteiger partial charge in [0, 0.05) is 63.2 Å². The number of thioether (sulfide) groups is 1. The van der Waals surface area contributed by atoms with E-state index in [1.54, 1.807) is 11.8 Å². The summed E-state index contributed by atoms with van der Waals surface area (Å²) in [5, 5.41) is 1.12. The maximum absolute atomic E-state index is 13.0. The molecule has 0 atom stereocenters. The molecule has 1 aromatic heterocycles. The van der Waals surface area contributed by atoms with Gasteiger partial charge >= 0.3 is 0 Å². The lowest BCUT2D eigenvalue weighted by Crippen LogP contribution is -2.46. The van der Waals surface area contributed by atoms with E-state index in [1.807, 2.05) is 29.2 Å². The van der Waals surface area contributed by atoms with Gasteiger partial charge in [0.15, 0.2) is 5.16 Å². The van der Waals surface area contributed by atoms with Crippen LogP contribution in [0.3, 0.4) is 0 Å². The normalized spacial score (nSPS) is 17.2. The Labute approximate surface area is 229 Å². The van der Waals surface area contributed by atoms with Crippen LogP contribution in [-0.2, 0) is 12.3 Å². The molecule has 2 aliphatic heterocycles. The first kappa shape index (κ1) is 26.0. The molecule has 0 radical (unpaired) electrons. The van der Waals surface area contributed by atoms with E-state index in [9.17, 15) is 4.79 Å². The molecule has 6 nitrogen and oxygen atoms in total. The number of piperidine rings is 1. The minimum atomic E-state index is 0.131. The molecule has 0 unspecified atom stereocenters. The van der Waals surface area contributed by atoms with Gasteiger partial charge in [0.2, 0.25) is 0 Å². The summed E-state index contributed by atoms with van der Waals surface area (Å²) in [6, 6.07) is 20.4. The van der Waals surface area contributed by atoms with Crippen LogP contribution in [0.4, 0.5) is 5.82 Å². The van der Waals surface area contributed by atoms with Crippen LogP contribution in [0.2, 0.25) is 5.15 Å². The van der Waals surface area contributed by atoms with Gasteiger partial charge in [0.25, 0.3) is 5.91 Å². The Balaban J connectivity index is 1.17. The highest BCUT2D eigenvalue weighted by atomic mass is 35.5. The van der Waals surface area contributed by atoms with E-state index < -0.39 is 0 Å². The van der Waals surface area contributed by atoms with Gasteiger partial charge in [-0.15, -0.1) is 0 Å². The van der Waals surface area contributed by atoms with Crippen molar-refractivity contribution in [3.63, 3.8) is 0 Å². The van der Waals surface area contributed by atoms with Crippen molar-refractivity contribution >= 4 is 35.1 Å². The van der Waals surface area contributed by atoms with Gasteiger partial charge in [-0.2, -0.15) is 0 Å². The highest BCUT2D eigenvalue weighted by molar-refractivity contribution is 7.98. The molecular weight excluding hydrogens is 502 g/mol. The summed E-state index contributed by atoms with van der Waals surface area (Å²) in [6.45, 7) is 8.70. The number of halogens is 1. The summed E-state index contributed by atoms with van der Waals surface area (Å²) in [5.74, 6) is 2.40. The fourth-order valence-corrected chi connectivity index (χ4v) is 5.95. The third kappa shape index (κ3) is 7.03. The summed E-state index contributed by atoms with van der Waals surface area (Å²) in [6.07, 6.45) is 2.16. The molecule has 0 spiro atoms. The molecule has 1 amide bonds. The lowest BCUT2D eigenvalue weighted by molar-refractivity contribution is 0.0697. The Bertz CT molecular complexity index is 1190. The third-order valence-corrected chi connectivity index (χ3v) is 8.33. The van der Waals surface area contributed by atoms with E-state index in [1.165, 1.54) is 5.56 Å². The molecular formula is C29H34ClN5OS. The van der Waals surface area contributed by atoms with Crippen LogP contribution in [0.15, 0.2) is 65.8 Å². The Kier molecular flexibility index (Phi) is 8.64. The van der Waals surface area contributed by atoms with Gasteiger partial charge in [-0.1, -0.05) is 72.8 Å². The maximum atomic E-state index is 13.0. The summed E-state index contributed by atoms with van der Waals surface area (Å²) in [4.78, 5) is 29.0. The monoisotopic (exact) mass is 535 g/mol.